The Balaban J connectivity index is 1.83. The molecular weight excluding hydrogens is 333 g/mol. The van der Waals surface area contributed by atoms with Gasteiger partial charge in [0.05, 0.1) is 18.3 Å². The lowest BCUT2D eigenvalue weighted by molar-refractivity contribution is 0.0939. The molecule has 0 aliphatic carbocycles. The van der Waals surface area contributed by atoms with E-state index in [1.54, 1.807) is 49.6 Å². The molecule has 1 aromatic heterocycles. The molecule has 0 spiro atoms. The molecule has 0 aliphatic heterocycles. The van der Waals surface area contributed by atoms with E-state index in [4.69, 9.17) is 0 Å². The second-order valence-electron chi connectivity index (χ2n) is 6.21. The Labute approximate surface area is 150 Å². The zero-order chi connectivity index (χ0) is 18.7. The number of halogens is 1. The van der Waals surface area contributed by atoms with Crippen LogP contribution >= 0.6 is 0 Å². The molecule has 0 aliphatic rings. The van der Waals surface area contributed by atoms with E-state index in [0.29, 0.717) is 11.1 Å². The minimum Gasteiger partial charge on any atom is -0.389 e. The third kappa shape index (κ3) is 3.81. The van der Waals surface area contributed by atoms with E-state index < -0.39 is 6.10 Å². The van der Waals surface area contributed by atoms with E-state index >= 15 is 0 Å². The predicted molar refractivity (Wildman–Crippen MR) is 96.9 cm³/mol. The van der Waals surface area contributed by atoms with E-state index in [9.17, 15) is 14.3 Å². The molecule has 1 amide bonds. The summed E-state index contributed by atoms with van der Waals surface area (Å²) in [6.45, 7) is 3.49. The molecular formula is C20H20FN3O2. The maximum absolute atomic E-state index is 13.0. The molecule has 3 N–H and O–H groups in total. The van der Waals surface area contributed by atoms with Gasteiger partial charge in [-0.05, 0) is 54.8 Å². The number of amides is 1. The maximum Gasteiger partial charge on any atom is 0.251 e. The second kappa shape index (κ2) is 7.49. The number of hydrogen-bond donors (Lipinski definition) is 3. The van der Waals surface area contributed by atoms with Crippen molar-refractivity contribution in [2.75, 3.05) is 0 Å². The Morgan fingerprint density at radius 3 is 2.54 bits per heavy atom. The van der Waals surface area contributed by atoms with Gasteiger partial charge in [0, 0.05) is 17.3 Å². The molecule has 0 fully saturated rings. The molecule has 3 aromatic rings. The van der Waals surface area contributed by atoms with Crippen molar-refractivity contribution >= 4 is 5.91 Å². The maximum atomic E-state index is 13.0. The highest BCUT2D eigenvalue weighted by molar-refractivity contribution is 5.95. The first kappa shape index (κ1) is 17.8. The lowest BCUT2D eigenvalue weighted by Gasteiger charge is -2.16. The van der Waals surface area contributed by atoms with Crippen LogP contribution in [0.1, 0.15) is 47.5 Å². The van der Waals surface area contributed by atoms with Crippen molar-refractivity contribution in [2.45, 2.75) is 26.0 Å². The molecule has 0 bridgehead atoms. The molecule has 2 unspecified atom stereocenters. The van der Waals surface area contributed by atoms with Crippen LogP contribution < -0.4 is 5.32 Å². The number of aliphatic hydroxyl groups is 1. The highest BCUT2D eigenvalue weighted by Crippen LogP contribution is 2.29. The number of carbonyl (C=O) groups excluding carboxylic acids is 1. The fourth-order valence-electron chi connectivity index (χ4n) is 2.83. The average Bonchev–Trinajstić information content (AvgIpc) is 3.16. The number of H-pyrrole nitrogens is 1. The number of nitrogens with zero attached hydrogens (tertiary/aromatic N) is 1. The topological polar surface area (TPSA) is 78.0 Å². The summed E-state index contributed by atoms with van der Waals surface area (Å²) in [4.78, 5) is 12.6. The fourth-order valence-corrected chi connectivity index (χ4v) is 2.83. The van der Waals surface area contributed by atoms with Crippen LogP contribution in [0.4, 0.5) is 4.39 Å². The van der Waals surface area contributed by atoms with Crippen molar-refractivity contribution in [2.24, 2.45) is 0 Å². The summed E-state index contributed by atoms with van der Waals surface area (Å²) in [5.41, 5.74) is 3.56. The Kier molecular flexibility index (Phi) is 5.14. The standard InChI is InChI=1S/C20H20FN3O2/c1-12(14-3-6-17(21)7-4-14)24-20(26)15-5-8-18(16-10-22-23-11-16)19(9-15)13(2)25/h3-13,25H,1-2H3,(H,22,23)(H,24,26). The highest BCUT2D eigenvalue weighted by atomic mass is 19.1. The lowest BCUT2D eigenvalue weighted by Crippen LogP contribution is -2.26. The van der Waals surface area contributed by atoms with Crippen molar-refractivity contribution in [3.05, 3.63) is 77.4 Å². The van der Waals surface area contributed by atoms with Gasteiger partial charge in [0.2, 0.25) is 0 Å². The summed E-state index contributed by atoms with van der Waals surface area (Å²) in [6, 6.07) is 10.9. The van der Waals surface area contributed by atoms with E-state index in [1.807, 2.05) is 6.92 Å². The molecule has 0 saturated heterocycles. The third-order valence-electron chi connectivity index (χ3n) is 4.29. The molecule has 2 atom stereocenters. The van der Waals surface area contributed by atoms with Crippen molar-refractivity contribution in [3.63, 3.8) is 0 Å². The van der Waals surface area contributed by atoms with Crippen LogP contribution in [0.2, 0.25) is 0 Å². The van der Waals surface area contributed by atoms with Crippen LogP contribution in [0.25, 0.3) is 11.1 Å². The molecule has 2 aromatic carbocycles. The zero-order valence-electron chi connectivity index (χ0n) is 14.5. The zero-order valence-corrected chi connectivity index (χ0v) is 14.5. The van der Waals surface area contributed by atoms with Crippen LogP contribution in [0.15, 0.2) is 54.9 Å². The van der Waals surface area contributed by atoms with E-state index in [1.165, 1.54) is 12.1 Å². The van der Waals surface area contributed by atoms with Crippen molar-refractivity contribution in [3.8, 4) is 11.1 Å². The fraction of sp³-hybridized carbons (Fsp3) is 0.200. The van der Waals surface area contributed by atoms with Crippen molar-refractivity contribution in [1.29, 1.82) is 0 Å². The van der Waals surface area contributed by atoms with Crippen molar-refractivity contribution in [1.82, 2.24) is 15.5 Å². The normalized spacial score (nSPS) is 13.2. The minimum absolute atomic E-state index is 0.262. The first-order valence-corrected chi connectivity index (χ1v) is 8.33. The molecule has 6 heteroatoms. The number of benzene rings is 2. The Morgan fingerprint density at radius 2 is 1.92 bits per heavy atom. The molecule has 26 heavy (non-hydrogen) atoms. The minimum atomic E-state index is -0.734. The lowest BCUT2D eigenvalue weighted by atomic mass is 9.96. The van der Waals surface area contributed by atoms with Crippen LogP contribution in [-0.2, 0) is 0 Å². The average molecular weight is 353 g/mol. The van der Waals surface area contributed by atoms with Gasteiger partial charge in [-0.25, -0.2) is 4.39 Å². The first-order valence-electron chi connectivity index (χ1n) is 8.33. The van der Waals surface area contributed by atoms with E-state index in [0.717, 1.165) is 16.7 Å². The monoisotopic (exact) mass is 353 g/mol. The van der Waals surface area contributed by atoms with E-state index in [2.05, 4.69) is 15.5 Å². The van der Waals surface area contributed by atoms with Gasteiger partial charge in [0.15, 0.2) is 0 Å². The molecule has 5 nitrogen and oxygen atoms in total. The SMILES string of the molecule is CC(O)c1cc(C(=O)NC(C)c2ccc(F)cc2)ccc1-c1cn[nH]c1. The molecule has 1 heterocycles. The first-order chi connectivity index (χ1) is 12.5. The van der Waals surface area contributed by atoms with Crippen LogP contribution in [-0.4, -0.2) is 21.2 Å². The van der Waals surface area contributed by atoms with Gasteiger partial charge in [0.1, 0.15) is 5.82 Å². The van der Waals surface area contributed by atoms with Crippen LogP contribution in [0, 0.1) is 5.82 Å². The summed E-state index contributed by atoms with van der Waals surface area (Å²) >= 11 is 0. The van der Waals surface area contributed by atoms with Gasteiger partial charge in [-0.1, -0.05) is 18.2 Å². The molecule has 0 radical (unpaired) electrons. The van der Waals surface area contributed by atoms with Crippen LogP contribution in [0.5, 0.6) is 0 Å². The number of hydrogen-bond acceptors (Lipinski definition) is 3. The van der Waals surface area contributed by atoms with Crippen molar-refractivity contribution < 1.29 is 14.3 Å². The summed E-state index contributed by atoms with van der Waals surface area (Å²) < 4.78 is 13.0. The second-order valence-corrected chi connectivity index (χ2v) is 6.21. The Morgan fingerprint density at radius 1 is 1.19 bits per heavy atom. The summed E-state index contributed by atoms with van der Waals surface area (Å²) in [6.07, 6.45) is 2.66. The number of aromatic amines is 1. The Bertz CT molecular complexity index is 890. The van der Waals surface area contributed by atoms with Gasteiger partial charge in [-0.15, -0.1) is 0 Å². The molecule has 0 saturated carbocycles. The Hall–Kier alpha value is -2.99. The van der Waals surface area contributed by atoms with Gasteiger partial charge >= 0.3 is 0 Å². The van der Waals surface area contributed by atoms with Gasteiger partial charge in [0.25, 0.3) is 5.91 Å². The predicted octanol–water partition coefficient (Wildman–Crippen LogP) is 3.76. The number of rotatable bonds is 5. The van der Waals surface area contributed by atoms with Gasteiger partial charge < -0.3 is 10.4 Å². The number of nitrogens with one attached hydrogen (secondary N) is 2. The largest absolute Gasteiger partial charge is 0.389 e. The van der Waals surface area contributed by atoms with Gasteiger partial charge in [-0.2, -0.15) is 5.10 Å². The highest BCUT2D eigenvalue weighted by Gasteiger charge is 2.16. The molecule has 134 valence electrons. The summed E-state index contributed by atoms with van der Waals surface area (Å²) in [5, 5.41) is 19.7. The number of aromatic nitrogens is 2. The third-order valence-corrected chi connectivity index (χ3v) is 4.29. The smallest absolute Gasteiger partial charge is 0.251 e. The van der Waals surface area contributed by atoms with E-state index in [-0.39, 0.29) is 17.8 Å². The summed E-state index contributed by atoms with van der Waals surface area (Å²) in [5.74, 6) is -0.578. The number of aliphatic hydroxyl groups excluding tert-OH is 1. The quantitative estimate of drug-likeness (QED) is 0.653. The van der Waals surface area contributed by atoms with Crippen LogP contribution in [0.3, 0.4) is 0 Å². The van der Waals surface area contributed by atoms with Gasteiger partial charge in [-0.3, -0.25) is 9.89 Å². The number of carbonyl (C=O) groups is 1. The molecule has 3 rings (SSSR count). The summed E-state index contributed by atoms with van der Waals surface area (Å²) in [7, 11) is 0.